The number of para-hydroxylation sites is 1. The average Bonchev–Trinajstić information content (AvgIpc) is 2.80. The summed E-state index contributed by atoms with van der Waals surface area (Å²) < 4.78 is 1.23. The lowest BCUT2D eigenvalue weighted by Crippen LogP contribution is -1.93. The van der Waals surface area contributed by atoms with E-state index in [4.69, 9.17) is 0 Å². The second kappa shape index (κ2) is 5.02. The number of hydrogen-bond donors (Lipinski definition) is 1. The van der Waals surface area contributed by atoms with Crippen molar-refractivity contribution in [1.82, 2.24) is 4.98 Å². The minimum absolute atomic E-state index is 0.960. The van der Waals surface area contributed by atoms with Crippen molar-refractivity contribution in [1.29, 1.82) is 0 Å². The number of hydrogen-bond acceptors (Lipinski definition) is 3. The summed E-state index contributed by atoms with van der Waals surface area (Å²) in [6, 6.07) is 14.8. The Morgan fingerprint density at radius 3 is 2.84 bits per heavy atom. The van der Waals surface area contributed by atoms with Gasteiger partial charge in [0.25, 0.3) is 0 Å². The van der Waals surface area contributed by atoms with Crippen molar-refractivity contribution in [3.63, 3.8) is 0 Å². The van der Waals surface area contributed by atoms with Gasteiger partial charge in [0.15, 0.2) is 5.13 Å². The zero-order valence-electron chi connectivity index (χ0n) is 11.1. The molecule has 0 radical (unpaired) electrons. The molecule has 0 aliphatic heterocycles. The Morgan fingerprint density at radius 2 is 2.00 bits per heavy atom. The minimum Gasteiger partial charge on any atom is -0.331 e. The second-order valence-electron chi connectivity index (χ2n) is 4.63. The van der Waals surface area contributed by atoms with Gasteiger partial charge in [-0.05, 0) is 42.7 Å². The van der Waals surface area contributed by atoms with Crippen LogP contribution >= 0.6 is 11.3 Å². The van der Waals surface area contributed by atoms with Crippen molar-refractivity contribution in [2.24, 2.45) is 0 Å². The maximum atomic E-state index is 4.63. The maximum absolute atomic E-state index is 4.63. The monoisotopic (exact) mass is 268 g/mol. The number of fused-ring (bicyclic) bond motifs is 1. The first-order valence-electron chi connectivity index (χ1n) is 6.48. The highest BCUT2D eigenvalue weighted by atomic mass is 32.1. The summed E-state index contributed by atoms with van der Waals surface area (Å²) in [5.74, 6) is 0. The predicted octanol–water partition coefficient (Wildman–Crippen LogP) is 4.91. The summed E-state index contributed by atoms with van der Waals surface area (Å²) in [6.07, 6.45) is 1.02. The molecule has 0 amide bonds. The van der Waals surface area contributed by atoms with Gasteiger partial charge in [-0.15, -0.1) is 0 Å². The average molecular weight is 268 g/mol. The Morgan fingerprint density at radius 1 is 1.16 bits per heavy atom. The van der Waals surface area contributed by atoms with E-state index in [2.05, 4.69) is 66.6 Å². The Balaban J connectivity index is 1.96. The van der Waals surface area contributed by atoms with Crippen LogP contribution in [-0.4, -0.2) is 4.98 Å². The number of rotatable bonds is 3. The highest BCUT2D eigenvalue weighted by molar-refractivity contribution is 7.22. The van der Waals surface area contributed by atoms with E-state index < -0.39 is 0 Å². The van der Waals surface area contributed by atoms with Crippen molar-refractivity contribution in [3.05, 3.63) is 53.6 Å². The SMILES string of the molecule is CCc1ccccc1Nc1nc2ccc(C)cc2s1. The third kappa shape index (κ3) is 2.47. The number of aromatic nitrogens is 1. The smallest absolute Gasteiger partial charge is 0.188 e. The summed E-state index contributed by atoms with van der Waals surface area (Å²) in [5, 5.41) is 4.40. The van der Waals surface area contributed by atoms with Crippen molar-refractivity contribution in [2.45, 2.75) is 20.3 Å². The van der Waals surface area contributed by atoms with E-state index in [1.165, 1.54) is 15.8 Å². The molecule has 3 aromatic rings. The molecular formula is C16H16N2S. The largest absolute Gasteiger partial charge is 0.331 e. The van der Waals surface area contributed by atoms with Crippen LogP contribution in [0.2, 0.25) is 0 Å². The molecule has 2 aromatic carbocycles. The first kappa shape index (κ1) is 12.2. The highest BCUT2D eigenvalue weighted by Gasteiger charge is 2.06. The highest BCUT2D eigenvalue weighted by Crippen LogP contribution is 2.30. The van der Waals surface area contributed by atoms with Gasteiger partial charge in [-0.2, -0.15) is 0 Å². The zero-order valence-corrected chi connectivity index (χ0v) is 11.9. The third-order valence-corrected chi connectivity index (χ3v) is 4.12. The number of aryl methyl sites for hydroxylation is 2. The fourth-order valence-electron chi connectivity index (χ4n) is 2.15. The Hall–Kier alpha value is -1.87. The van der Waals surface area contributed by atoms with Crippen LogP contribution < -0.4 is 5.32 Å². The van der Waals surface area contributed by atoms with Gasteiger partial charge in [-0.3, -0.25) is 0 Å². The van der Waals surface area contributed by atoms with Crippen LogP contribution in [0.15, 0.2) is 42.5 Å². The number of anilines is 2. The standard InChI is InChI=1S/C16H16N2S/c1-3-12-6-4-5-7-13(12)17-16-18-14-9-8-11(2)10-15(14)19-16/h4-10H,3H2,1-2H3,(H,17,18). The molecule has 1 N–H and O–H groups in total. The molecule has 2 nitrogen and oxygen atoms in total. The molecule has 19 heavy (non-hydrogen) atoms. The molecule has 96 valence electrons. The van der Waals surface area contributed by atoms with E-state index in [0.29, 0.717) is 0 Å². The van der Waals surface area contributed by atoms with E-state index in [1.807, 2.05) is 0 Å². The van der Waals surface area contributed by atoms with Gasteiger partial charge in [0.05, 0.1) is 10.2 Å². The normalized spacial score (nSPS) is 10.8. The van der Waals surface area contributed by atoms with Crippen molar-refractivity contribution in [3.8, 4) is 0 Å². The number of thiazole rings is 1. The summed E-state index contributed by atoms with van der Waals surface area (Å²) in [4.78, 5) is 4.63. The predicted molar refractivity (Wildman–Crippen MR) is 83.5 cm³/mol. The number of nitrogens with one attached hydrogen (secondary N) is 1. The molecule has 0 aliphatic rings. The van der Waals surface area contributed by atoms with E-state index in [9.17, 15) is 0 Å². The summed E-state index contributed by atoms with van der Waals surface area (Å²) in [7, 11) is 0. The molecule has 1 aromatic heterocycles. The van der Waals surface area contributed by atoms with Gasteiger partial charge in [-0.25, -0.2) is 4.98 Å². The molecule has 0 atom stereocenters. The molecule has 3 rings (SSSR count). The van der Waals surface area contributed by atoms with E-state index in [0.717, 1.165) is 22.8 Å². The quantitative estimate of drug-likeness (QED) is 0.730. The van der Waals surface area contributed by atoms with Crippen LogP contribution in [0.25, 0.3) is 10.2 Å². The molecule has 1 heterocycles. The molecule has 0 bridgehead atoms. The van der Waals surface area contributed by atoms with E-state index in [-0.39, 0.29) is 0 Å². The molecule has 3 heteroatoms. The Labute approximate surface area is 117 Å². The maximum Gasteiger partial charge on any atom is 0.188 e. The van der Waals surface area contributed by atoms with Crippen LogP contribution in [0.1, 0.15) is 18.1 Å². The first-order chi connectivity index (χ1) is 9.26. The van der Waals surface area contributed by atoms with Crippen molar-refractivity contribution >= 4 is 32.4 Å². The molecule has 0 spiro atoms. The number of nitrogens with zero attached hydrogens (tertiary/aromatic N) is 1. The van der Waals surface area contributed by atoms with Gasteiger partial charge in [0.1, 0.15) is 0 Å². The summed E-state index contributed by atoms with van der Waals surface area (Å²) in [5.41, 5.74) is 4.81. The first-order valence-corrected chi connectivity index (χ1v) is 7.30. The van der Waals surface area contributed by atoms with Gasteiger partial charge in [0, 0.05) is 5.69 Å². The van der Waals surface area contributed by atoms with Crippen LogP contribution in [-0.2, 0) is 6.42 Å². The topological polar surface area (TPSA) is 24.9 Å². The van der Waals surface area contributed by atoms with Gasteiger partial charge >= 0.3 is 0 Å². The molecule has 0 saturated carbocycles. The summed E-state index contributed by atoms with van der Waals surface area (Å²) >= 11 is 1.70. The van der Waals surface area contributed by atoms with Gasteiger partial charge in [-0.1, -0.05) is 42.5 Å². The van der Waals surface area contributed by atoms with E-state index >= 15 is 0 Å². The Kier molecular flexibility index (Phi) is 3.22. The number of benzene rings is 2. The second-order valence-corrected chi connectivity index (χ2v) is 5.66. The molecule has 0 unspecified atom stereocenters. The summed E-state index contributed by atoms with van der Waals surface area (Å²) in [6.45, 7) is 4.28. The fourth-order valence-corrected chi connectivity index (χ4v) is 3.13. The van der Waals surface area contributed by atoms with Crippen LogP contribution in [0.4, 0.5) is 10.8 Å². The fraction of sp³-hybridized carbons (Fsp3) is 0.188. The van der Waals surface area contributed by atoms with E-state index in [1.54, 1.807) is 11.3 Å². The lowest BCUT2D eigenvalue weighted by atomic mass is 10.1. The molecule has 0 fully saturated rings. The lowest BCUT2D eigenvalue weighted by molar-refractivity contribution is 1.14. The van der Waals surface area contributed by atoms with Gasteiger partial charge in [0.2, 0.25) is 0 Å². The molecule has 0 saturated heterocycles. The van der Waals surface area contributed by atoms with Crippen LogP contribution in [0, 0.1) is 6.92 Å². The Bertz CT molecular complexity index is 716. The van der Waals surface area contributed by atoms with Crippen molar-refractivity contribution < 1.29 is 0 Å². The van der Waals surface area contributed by atoms with Crippen LogP contribution in [0.5, 0.6) is 0 Å². The van der Waals surface area contributed by atoms with Crippen molar-refractivity contribution in [2.75, 3.05) is 5.32 Å². The molecular weight excluding hydrogens is 252 g/mol. The molecule has 0 aliphatic carbocycles. The van der Waals surface area contributed by atoms with Crippen LogP contribution in [0.3, 0.4) is 0 Å². The lowest BCUT2D eigenvalue weighted by Gasteiger charge is -2.07. The minimum atomic E-state index is 0.960. The zero-order chi connectivity index (χ0) is 13.2. The van der Waals surface area contributed by atoms with Gasteiger partial charge < -0.3 is 5.32 Å². The third-order valence-electron chi connectivity index (χ3n) is 3.18.